The van der Waals surface area contributed by atoms with Gasteiger partial charge in [-0.3, -0.25) is 13.8 Å². The van der Waals surface area contributed by atoms with Crippen LogP contribution in [0.15, 0.2) is 24.3 Å². The van der Waals surface area contributed by atoms with E-state index in [1.807, 2.05) is 0 Å². The molecule has 0 spiro atoms. The number of carbonyl (C=O) groups is 1. The average Bonchev–Trinajstić information content (AvgIpc) is 3.18. The second kappa shape index (κ2) is 42.5. The molecule has 0 aromatic rings. The third-order valence-corrected chi connectivity index (χ3v) is 10.8. The Morgan fingerprint density at radius 3 is 1.47 bits per heavy atom. The van der Waals surface area contributed by atoms with E-state index in [1.165, 1.54) is 135 Å². The van der Waals surface area contributed by atoms with Crippen LogP contribution in [0, 0.1) is 0 Å². The quantitative estimate of drug-likeness (QED) is 0.0238. The van der Waals surface area contributed by atoms with Crippen LogP contribution in [-0.2, 0) is 27.9 Å². The molecule has 3 N–H and O–H groups in total. The summed E-state index contributed by atoms with van der Waals surface area (Å²) in [5.41, 5.74) is 0. The van der Waals surface area contributed by atoms with Gasteiger partial charge in [-0.05, 0) is 44.9 Å². The van der Waals surface area contributed by atoms with E-state index in [0.29, 0.717) is 13.0 Å². The van der Waals surface area contributed by atoms with E-state index in [2.05, 4.69) is 38.2 Å². The second-order valence-corrected chi connectivity index (χ2v) is 16.9. The molecule has 0 radical (unpaired) electrons. The molecule has 3 atom stereocenters. The maximum atomic E-state index is 12.6. The van der Waals surface area contributed by atoms with Crippen molar-refractivity contribution in [2.24, 2.45) is 0 Å². The van der Waals surface area contributed by atoms with Gasteiger partial charge in [-0.2, -0.15) is 0 Å². The van der Waals surface area contributed by atoms with Crippen molar-refractivity contribution in [3.05, 3.63) is 24.3 Å². The minimum atomic E-state index is -4.52. The van der Waals surface area contributed by atoms with E-state index in [0.717, 1.165) is 51.4 Å². The van der Waals surface area contributed by atoms with Crippen molar-refractivity contribution >= 4 is 13.8 Å². The highest BCUT2D eigenvalue weighted by Gasteiger charge is 2.26. The molecule has 0 aliphatic rings. The number of rotatable bonds is 44. The van der Waals surface area contributed by atoms with E-state index in [1.54, 1.807) is 0 Å². The molecule has 0 aliphatic carbocycles. The Bertz CT molecular complexity index is 913. The van der Waals surface area contributed by atoms with Crippen molar-refractivity contribution < 1.29 is 43.0 Å². The zero-order valence-corrected chi connectivity index (χ0v) is 36.6. The van der Waals surface area contributed by atoms with Crippen LogP contribution in [0.4, 0.5) is 0 Å². The first-order chi connectivity index (χ1) is 26.8. The van der Waals surface area contributed by atoms with E-state index >= 15 is 0 Å². The van der Waals surface area contributed by atoms with Crippen molar-refractivity contribution in [1.29, 1.82) is 0 Å². The molecule has 0 saturated heterocycles. The maximum absolute atomic E-state index is 12.6. The number of aliphatic hydroxyl groups is 2. The van der Waals surface area contributed by atoms with Crippen molar-refractivity contribution in [1.82, 2.24) is 0 Å². The lowest BCUT2D eigenvalue weighted by molar-refractivity contribution is -0.154. The molecule has 0 saturated carbocycles. The first kappa shape index (κ1) is 53.9. The zero-order valence-electron chi connectivity index (χ0n) is 35.7. The highest BCUT2D eigenvalue weighted by Crippen LogP contribution is 2.43. The Labute approximate surface area is 338 Å². The molecular weight excluding hydrogens is 715 g/mol. The Morgan fingerprint density at radius 2 is 0.982 bits per heavy atom. The molecule has 0 heterocycles. The van der Waals surface area contributed by atoms with Gasteiger partial charge < -0.3 is 24.6 Å². The van der Waals surface area contributed by atoms with Gasteiger partial charge in [-0.15, -0.1) is 0 Å². The molecule has 10 heteroatoms. The summed E-state index contributed by atoms with van der Waals surface area (Å²) in [6.07, 6.45) is 44.2. The standard InChI is InChI=1S/C45H87O9P/c1-3-5-7-9-11-13-15-17-19-21-22-24-26-28-30-32-34-36-38-51-41-44(42-53-55(49,50)52-40-43(47)39-46)54-45(48)37-35-33-31-29-27-25-23-20-18-16-14-12-10-8-6-4-2/h14,16,20,23,43-44,46-47H,3-13,15,17-19,21-22,24-42H2,1-2H3,(H,49,50)/b16-14-,23-20-. The van der Waals surface area contributed by atoms with E-state index in [9.17, 15) is 19.4 Å². The number of allylic oxidation sites excluding steroid dienone is 4. The summed E-state index contributed by atoms with van der Waals surface area (Å²) >= 11 is 0. The number of hydrogen-bond donors (Lipinski definition) is 3. The number of hydrogen-bond acceptors (Lipinski definition) is 8. The van der Waals surface area contributed by atoms with Gasteiger partial charge in [0, 0.05) is 13.0 Å². The van der Waals surface area contributed by atoms with Gasteiger partial charge in [0.05, 0.1) is 26.4 Å². The van der Waals surface area contributed by atoms with Crippen molar-refractivity contribution in [3.63, 3.8) is 0 Å². The van der Waals surface area contributed by atoms with Crippen LogP contribution in [-0.4, -0.2) is 66.3 Å². The highest BCUT2D eigenvalue weighted by atomic mass is 31.2. The second-order valence-electron chi connectivity index (χ2n) is 15.4. The van der Waals surface area contributed by atoms with E-state index < -0.39 is 39.2 Å². The molecule has 0 fully saturated rings. The summed E-state index contributed by atoms with van der Waals surface area (Å²) in [6, 6.07) is 0. The van der Waals surface area contributed by atoms with Crippen LogP contribution in [0.1, 0.15) is 213 Å². The lowest BCUT2D eigenvalue weighted by atomic mass is 10.0. The number of esters is 1. The molecule has 0 aromatic carbocycles. The fourth-order valence-electron chi connectivity index (χ4n) is 6.39. The monoisotopic (exact) mass is 803 g/mol. The fraction of sp³-hybridized carbons (Fsp3) is 0.889. The van der Waals surface area contributed by atoms with Crippen molar-refractivity contribution in [3.8, 4) is 0 Å². The summed E-state index contributed by atoms with van der Waals surface area (Å²) in [6.45, 7) is 3.52. The van der Waals surface area contributed by atoms with Crippen LogP contribution in [0.25, 0.3) is 0 Å². The van der Waals surface area contributed by atoms with Crippen LogP contribution < -0.4 is 0 Å². The van der Waals surface area contributed by atoms with Gasteiger partial charge >= 0.3 is 13.8 Å². The van der Waals surface area contributed by atoms with Crippen LogP contribution in [0.5, 0.6) is 0 Å². The van der Waals surface area contributed by atoms with Crippen LogP contribution in [0.2, 0.25) is 0 Å². The Kier molecular flexibility index (Phi) is 41.7. The summed E-state index contributed by atoms with van der Waals surface area (Å²) in [5, 5.41) is 18.4. The minimum Gasteiger partial charge on any atom is -0.457 e. The van der Waals surface area contributed by atoms with Gasteiger partial charge in [0.1, 0.15) is 12.2 Å². The largest absolute Gasteiger partial charge is 0.472 e. The highest BCUT2D eigenvalue weighted by molar-refractivity contribution is 7.47. The van der Waals surface area contributed by atoms with Gasteiger partial charge in [0.2, 0.25) is 0 Å². The first-order valence-electron chi connectivity index (χ1n) is 22.8. The molecule has 0 rings (SSSR count). The topological polar surface area (TPSA) is 132 Å². The predicted molar refractivity (Wildman–Crippen MR) is 228 cm³/mol. The molecular formula is C45H87O9P. The zero-order chi connectivity index (χ0) is 40.3. The molecule has 326 valence electrons. The maximum Gasteiger partial charge on any atom is 0.472 e. The molecule has 9 nitrogen and oxygen atoms in total. The summed E-state index contributed by atoms with van der Waals surface area (Å²) < 4.78 is 33.4. The third kappa shape index (κ3) is 42.4. The molecule has 0 aromatic heterocycles. The number of unbranched alkanes of at least 4 members (excludes halogenated alkanes) is 26. The Hall–Kier alpha value is -1.06. The summed E-state index contributed by atoms with van der Waals surface area (Å²) in [4.78, 5) is 22.6. The number of aliphatic hydroxyl groups excluding tert-OH is 2. The van der Waals surface area contributed by atoms with E-state index in [4.69, 9.17) is 23.6 Å². The number of phosphoric acid groups is 1. The van der Waals surface area contributed by atoms with Gasteiger partial charge in [-0.1, -0.05) is 186 Å². The molecule has 55 heavy (non-hydrogen) atoms. The number of phosphoric ester groups is 1. The molecule has 0 amide bonds. The van der Waals surface area contributed by atoms with Gasteiger partial charge in [-0.25, -0.2) is 4.57 Å². The van der Waals surface area contributed by atoms with Crippen molar-refractivity contribution in [2.45, 2.75) is 225 Å². The van der Waals surface area contributed by atoms with Crippen LogP contribution in [0.3, 0.4) is 0 Å². The Morgan fingerprint density at radius 1 is 0.564 bits per heavy atom. The lowest BCUT2D eigenvalue weighted by Gasteiger charge is -2.20. The summed E-state index contributed by atoms with van der Waals surface area (Å²) in [5.74, 6) is -0.392. The normalized spacial score (nSPS) is 14.2. The fourth-order valence-corrected chi connectivity index (χ4v) is 7.18. The lowest BCUT2D eigenvalue weighted by Crippen LogP contribution is -2.29. The SMILES string of the molecule is CCCCCC/C=C\C/C=C\CCCCCCCC(=O)OC(COCCCCCCCCCCCCCCCCCCCC)COP(=O)(O)OCC(O)CO. The molecule has 0 bridgehead atoms. The average molecular weight is 803 g/mol. The Balaban J connectivity index is 4.14. The van der Waals surface area contributed by atoms with Crippen molar-refractivity contribution in [2.75, 3.05) is 33.0 Å². The van der Waals surface area contributed by atoms with Crippen LogP contribution >= 0.6 is 7.82 Å². The predicted octanol–water partition coefficient (Wildman–Crippen LogP) is 12.6. The summed E-state index contributed by atoms with van der Waals surface area (Å²) in [7, 11) is -4.52. The number of carbonyl (C=O) groups excluding carboxylic acids is 1. The minimum absolute atomic E-state index is 0.0478. The smallest absolute Gasteiger partial charge is 0.457 e. The van der Waals surface area contributed by atoms with Gasteiger partial charge in [0.25, 0.3) is 0 Å². The third-order valence-electron chi connectivity index (χ3n) is 9.89. The van der Waals surface area contributed by atoms with Gasteiger partial charge in [0.15, 0.2) is 0 Å². The van der Waals surface area contributed by atoms with E-state index in [-0.39, 0.29) is 19.6 Å². The number of ether oxygens (including phenoxy) is 2. The molecule has 3 unspecified atom stereocenters. The molecule has 0 aliphatic heterocycles. The first-order valence-corrected chi connectivity index (χ1v) is 24.3.